The normalized spacial score (nSPS) is 14.6. The molecule has 1 heterocycles. The SMILES string of the molecule is CCC(OC)C(NN)c1c(OC)cnn1CC. The number of aryl methyl sites for hydroxylation is 1. The largest absolute Gasteiger partial charge is 0.493 e. The molecule has 0 aliphatic heterocycles. The zero-order valence-electron chi connectivity index (χ0n) is 10.9. The van der Waals surface area contributed by atoms with Gasteiger partial charge in [-0.1, -0.05) is 6.92 Å². The molecule has 98 valence electrons. The fraction of sp³-hybridized carbons (Fsp3) is 0.727. The van der Waals surface area contributed by atoms with Gasteiger partial charge in [0.05, 0.1) is 25.5 Å². The van der Waals surface area contributed by atoms with Crippen molar-refractivity contribution >= 4 is 0 Å². The first-order valence-corrected chi connectivity index (χ1v) is 5.81. The van der Waals surface area contributed by atoms with Gasteiger partial charge in [0.15, 0.2) is 5.75 Å². The third kappa shape index (κ3) is 2.77. The highest BCUT2D eigenvalue weighted by molar-refractivity contribution is 5.29. The summed E-state index contributed by atoms with van der Waals surface area (Å²) in [6.45, 7) is 4.84. The minimum atomic E-state index is -0.137. The van der Waals surface area contributed by atoms with Crippen LogP contribution >= 0.6 is 0 Å². The van der Waals surface area contributed by atoms with Crippen molar-refractivity contribution in [3.63, 3.8) is 0 Å². The van der Waals surface area contributed by atoms with Crippen LogP contribution in [0.25, 0.3) is 0 Å². The van der Waals surface area contributed by atoms with E-state index in [1.807, 2.05) is 11.6 Å². The van der Waals surface area contributed by atoms with Gasteiger partial charge in [0.2, 0.25) is 0 Å². The maximum atomic E-state index is 5.64. The van der Waals surface area contributed by atoms with Crippen LogP contribution in [0.15, 0.2) is 6.20 Å². The standard InChI is InChI=1S/C11H22N4O2/c1-5-8(16-3)10(14-12)11-9(17-4)7-13-15(11)6-2/h7-8,10,14H,5-6,12H2,1-4H3. The minimum Gasteiger partial charge on any atom is -0.493 e. The molecule has 2 unspecified atom stereocenters. The molecular weight excluding hydrogens is 220 g/mol. The molecule has 0 aliphatic carbocycles. The molecule has 0 saturated carbocycles. The van der Waals surface area contributed by atoms with Gasteiger partial charge in [-0.2, -0.15) is 5.10 Å². The van der Waals surface area contributed by atoms with E-state index in [0.29, 0.717) is 0 Å². The van der Waals surface area contributed by atoms with Gasteiger partial charge in [0, 0.05) is 13.7 Å². The van der Waals surface area contributed by atoms with E-state index in [9.17, 15) is 0 Å². The highest BCUT2D eigenvalue weighted by Gasteiger charge is 2.27. The summed E-state index contributed by atoms with van der Waals surface area (Å²) in [5, 5.41) is 4.27. The molecule has 1 aromatic heterocycles. The van der Waals surface area contributed by atoms with Crippen LogP contribution < -0.4 is 16.0 Å². The molecule has 0 fully saturated rings. The number of hydrazine groups is 1. The summed E-state index contributed by atoms with van der Waals surface area (Å²) in [6, 6.07) is -0.137. The first kappa shape index (κ1) is 14.0. The van der Waals surface area contributed by atoms with Gasteiger partial charge in [-0.15, -0.1) is 0 Å². The molecule has 0 aromatic carbocycles. The Morgan fingerprint density at radius 2 is 2.18 bits per heavy atom. The monoisotopic (exact) mass is 242 g/mol. The van der Waals surface area contributed by atoms with Crippen LogP contribution in [0.4, 0.5) is 0 Å². The van der Waals surface area contributed by atoms with E-state index < -0.39 is 0 Å². The predicted molar refractivity (Wildman–Crippen MR) is 65.6 cm³/mol. The minimum absolute atomic E-state index is 0.0177. The summed E-state index contributed by atoms with van der Waals surface area (Å²) >= 11 is 0. The Hall–Kier alpha value is -1.11. The summed E-state index contributed by atoms with van der Waals surface area (Å²) in [5.41, 5.74) is 3.71. The molecule has 0 saturated heterocycles. The van der Waals surface area contributed by atoms with Gasteiger partial charge in [0.1, 0.15) is 5.69 Å². The molecule has 0 bridgehead atoms. The summed E-state index contributed by atoms with van der Waals surface area (Å²) in [5.74, 6) is 6.36. The summed E-state index contributed by atoms with van der Waals surface area (Å²) < 4.78 is 12.6. The summed E-state index contributed by atoms with van der Waals surface area (Å²) in [4.78, 5) is 0. The van der Waals surface area contributed by atoms with Crippen LogP contribution in [0.5, 0.6) is 5.75 Å². The molecule has 6 nitrogen and oxygen atoms in total. The van der Waals surface area contributed by atoms with Gasteiger partial charge >= 0.3 is 0 Å². The number of ether oxygens (including phenoxy) is 2. The van der Waals surface area contributed by atoms with Gasteiger partial charge in [-0.3, -0.25) is 10.5 Å². The topological polar surface area (TPSA) is 74.3 Å². The molecule has 1 aromatic rings. The van der Waals surface area contributed by atoms with Gasteiger partial charge in [-0.05, 0) is 13.3 Å². The van der Waals surface area contributed by atoms with Gasteiger partial charge in [0.25, 0.3) is 0 Å². The number of hydrogen-bond donors (Lipinski definition) is 2. The number of aromatic nitrogens is 2. The number of nitrogens with zero attached hydrogens (tertiary/aromatic N) is 2. The number of nitrogens with two attached hydrogens (primary N) is 1. The maximum Gasteiger partial charge on any atom is 0.161 e. The average molecular weight is 242 g/mol. The Bertz CT molecular complexity index is 315. The molecule has 6 heteroatoms. The highest BCUT2D eigenvalue weighted by atomic mass is 16.5. The van der Waals surface area contributed by atoms with Crippen molar-refractivity contribution in [1.82, 2.24) is 15.2 Å². The lowest BCUT2D eigenvalue weighted by Gasteiger charge is -2.25. The fourth-order valence-corrected chi connectivity index (χ4v) is 2.00. The molecule has 1 rings (SSSR count). The maximum absolute atomic E-state index is 5.64. The zero-order chi connectivity index (χ0) is 12.8. The van der Waals surface area contributed by atoms with Crippen LogP contribution in [0.3, 0.4) is 0 Å². The number of nitrogens with one attached hydrogen (secondary N) is 1. The third-order valence-corrected chi connectivity index (χ3v) is 2.92. The van der Waals surface area contributed by atoms with Crippen LogP contribution in [0.1, 0.15) is 32.0 Å². The lowest BCUT2D eigenvalue weighted by atomic mass is 10.1. The lowest BCUT2D eigenvalue weighted by Crippen LogP contribution is -2.38. The first-order chi connectivity index (χ1) is 8.23. The smallest absolute Gasteiger partial charge is 0.161 e. The average Bonchev–Trinajstić information content (AvgIpc) is 2.78. The van der Waals surface area contributed by atoms with Crippen molar-refractivity contribution < 1.29 is 9.47 Å². The lowest BCUT2D eigenvalue weighted by molar-refractivity contribution is 0.0614. The zero-order valence-corrected chi connectivity index (χ0v) is 10.9. The number of hydrogen-bond acceptors (Lipinski definition) is 5. The van der Waals surface area contributed by atoms with Crippen molar-refractivity contribution in [1.29, 1.82) is 0 Å². The van der Waals surface area contributed by atoms with Crippen LogP contribution in [0, 0.1) is 0 Å². The van der Waals surface area contributed by atoms with E-state index in [4.69, 9.17) is 15.3 Å². The Balaban J connectivity index is 3.12. The second-order valence-corrected chi connectivity index (χ2v) is 3.74. The van der Waals surface area contributed by atoms with E-state index in [0.717, 1.165) is 24.4 Å². The molecule has 0 radical (unpaired) electrons. The third-order valence-electron chi connectivity index (χ3n) is 2.92. The first-order valence-electron chi connectivity index (χ1n) is 5.81. The quantitative estimate of drug-likeness (QED) is 0.547. The Morgan fingerprint density at radius 3 is 2.59 bits per heavy atom. The summed E-state index contributed by atoms with van der Waals surface area (Å²) in [6.07, 6.45) is 2.53. The van der Waals surface area contributed by atoms with E-state index in [2.05, 4.69) is 17.4 Å². The summed E-state index contributed by atoms with van der Waals surface area (Å²) in [7, 11) is 3.31. The van der Waals surface area contributed by atoms with Crippen LogP contribution in [-0.4, -0.2) is 30.1 Å². The van der Waals surface area contributed by atoms with Crippen molar-refractivity contribution in [2.75, 3.05) is 14.2 Å². The molecule has 0 spiro atoms. The molecule has 0 aliphatic rings. The molecular formula is C11H22N4O2. The van der Waals surface area contributed by atoms with E-state index in [-0.39, 0.29) is 12.1 Å². The molecule has 2 atom stereocenters. The predicted octanol–water partition coefficient (Wildman–Crippen LogP) is 0.841. The van der Waals surface area contributed by atoms with Crippen molar-refractivity contribution in [3.05, 3.63) is 11.9 Å². The van der Waals surface area contributed by atoms with Gasteiger partial charge in [-0.25, -0.2) is 5.43 Å². The van der Waals surface area contributed by atoms with E-state index in [1.54, 1.807) is 20.4 Å². The molecule has 3 N–H and O–H groups in total. The van der Waals surface area contributed by atoms with Crippen LogP contribution in [0.2, 0.25) is 0 Å². The van der Waals surface area contributed by atoms with E-state index >= 15 is 0 Å². The Labute approximate surface area is 102 Å². The number of methoxy groups -OCH3 is 2. The van der Waals surface area contributed by atoms with Crippen molar-refractivity contribution in [2.24, 2.45) is 5.84 Å². The second kappa shape index (κ2) is 6.58. The second-order valence-electron chi connectivity index (χ2n) is 3.74. The van der Waals surface area contributed by atoms with Crippen molar-refractivity contribution in [2.45, 2.75) is 39.0 Å². The van der Waals surface area contributed by atoms with Crippen LogP contribution in [-0.2, 0) is 11.3 Å². The number of rotatable bonds is 7. The Kier molecular flexibility index (Phi) is 5.40. The molecule has 0 amide bonds. The fourth-order valence-electron chi connectivity index (χ4n) is 2.00. The van der Waals surface area contributed by atoms with E-state index in [1.165, 1.54) is 0 Å². The van der Waals surface area contributed by atoms with Gasteiger partial charge < -0.3 is 9.47 Å². The Morgan fingerprint density at radius 1 is 1.47 bits per heavy atom. The highest BCUT2D eigenvalue weighted by Crippen LogP contribution is 2.28. The van der Waals surface area contributed by atoms with Crippen molar-refractivity contribution in [3.8, 4) is 5.75 Å². The molecule has 17 heavy (non-hydrogen) atoms.